The third kappa shape index (κ3) is 4.50. The zero-order valence-corrected chi connectivity index (χ0v) is 12.9. The van der Waals surface area contributed by atoms with Crippen LogP contribution in [0.5, 0.6) is 0 Å². The van der Waals surface area contributed by atoms with E-state index in [1.807, 2.05) is 6.92 Å². The lowest BCUT2D eigenvalue weighted by Crippen LogP contribution is -2.37. The summed E-state index contributed by atoms with van der Waals surface area (Å²) in [5.74, 6) is 0.435. The van der Waals surface area contributed by atoms with Crippen LogP contribution in [0.2, 0.25) is 5.15 Å². The first-order valence-electron chi connectivity index (χ1n) is 6.99. The Morgan fingerprint density at radius 1 is 1.32 bits per heavy atom. The number of nitrogens with zero attached hydrogens (tertiary/aromatic N) is 1. The van der Waals surface area contributed by atoms with Gasteiger partial charge in [-0.2, -0.15) is 0 Å². The van der Waals surface area contributed by atoms with E-state index in [0.717, 1.165) is 25.0 Å². The van der Waals surface area contributed by atoms with Gasteiger partial charge in [0.1, 0.15) is 5.15 Å². The molecule has 19 heavy (non-hydrogen) atoms. The van der Waals surface area contributed by atoms with Crippen molar-refractivity contribution in [3.05, 3.63) is 28.5 Å². The van der Waals surface area contributed by atoms with Crippen molar-refractivity contribution in [1.82, 2.24) is 10.3 Å². The maximum atomic E-state index is 12.2. The van der Waals surface area contributed by atoms with E-state index in [-0.39, 0.29) is 11.9 Å². The summed E-state index contributed by atoms with van der Waals surface area (Å²) in [7, 11) is 0. The van der Waals surface area contributed by atoms with Crippen molar-refractivity contribution in [2.24, 2.45) is 5.92 Å². The van der Waals surface area contributed by atoms with Gasteiger partial charge in [0.05, 0.1) is 0 Å². The SMILES string of the molecule is CCc1cc(C(=O)NC(C)C(CC)CC)cc(Cl)n1. The molecule has 0 spiro atoms. The molecule has 0 bridgehead atoms. The third-order valence-electron chi connectivity index (χ3n) is 3.59. The molecule has 1 unspecified atom stereocenters. The highest BCUT2D eigenvalue weighted by molar-refractivity contribution is 6.29. The van der Waals surface area contributed by atoms with E-state index < -0.39 is 0 Å². The van der Waals surface area contributed by atoms with E-state index >= 15 is 0 Å². The molecule has 0 aliphatic carbocycles. The van der Waals surface area contributed by atoms with E-state index in [1.165, 1.54) is 0 Å². The van der Waals surface area contributed by atoms with Crippen LogP contribution in [0.3, 0.4) is 0 Å². The maximum Gasteiger partial charge on any atom is 0.251 e. The fourth-order valence-corrected chi connectivity index (χ4v) is 2.49. The molecule has 0 fully saturated rings. The van der Waals surface area contributed by atoms with Gasteiger partial charge in [-0.1, -0.05) is 45.2 Å². The van der Waals surface area contributed by atoms with Crippen LogP contribution in [-0.4, -0.2) is 16.9 Å². The molecule has 0 saturated carbocycles. The predicted molar refractivity (Wildman–Crippen MR) is 79.6 cm³/mol. The molecule has 0 radical (unpaired) electrons. The second-order valence-electron chi connectivity index (χ2n) is 4.86. The van der Waals surface area contributed by atoms with E-state index in [9.17, 15) is 4.79 Å². The summed E-state index contributed by atoms with van der Waals surface area (Å²) < 4.78 is 0. The van der Waals surface area contributed by atoms with Crippen LogP contribution in [-0.2, 0) is 6.42 Å². The van der Waals surface area contributed by atoms with Crippen molar-refractivity contribution in [3.63, 3.8) is 0 Å². The first-order chi connectivity index (χ1) is 9.01. The lowest BCUT2D eigenvalue weighted by atomic mass is 9.95. The van der Waals surface area contributed by atoms with Crippen molar-refractivity contribution >= 4 is 17.5 Å². The number of carbonyl (C=O) groups excluding carboxylic acids is 1. The quantitative estimate of drug-likeness (QED) is 0.805. The lowest BCUT2D eigenvalue weighted by molar-refractivity contribution is 0.0925. The molecule has 0 aromatic carbocycles. The number of hydrogen-bond acceptors (Lipinski definition) is 2. The van der Waals surface area contributed by atoms with Gasteiger partial charge < -0.3 is 5.32 Å². The number of aromatic nitrogens is 1. The van der Waals surface area contributed by atoms with E-state index in [1.54, 1.807) is 12.1 Å². The standard InChI is InChI=1S/C15H23ClN2O/c1-5-11(6-2)10(4)17-15(19)12-8-13(7-3)18-14(16)9-12/h8-11H,5-7H2,1-4H3,(H,17,19). The van der Waals surface area contributed by atoms with Crippen molar-refractivity contribution in [3.8, 4) is 0 Å². The monoisotopic (exact) mass is 282 g/mol. The number of halogens is 1. The van der Waals surface area contributed by atoms with Crippen LogP contribution in [0.4, 0.5) is 0 Å². The van der Waals surface area contributed by atoms with Crippen LogP contribution in [0, 0.1) is 5.92 Å². The molecule has 1 atom stereocenters. The van der Waals surface area contributed by atoms with Gasteiger partial charge >= 0.3 is 0 Å². The molecule has 1 amide bonds. The van der Waals surface area contributed by atoms with Crippen LogP contribution >= 0.6 is 11.6 Å². The van der Waals surface area contributed by atoms with Crippen LogP contribution in [0.1, 0.15) is 56.6 Å². The average molecular weight is 283 g/mol. The summed E-state index contributed by atoms with van der Waals surface area (Å²) in [5, 5.41) is 3.43. The molecule has 1 aromatic rings. The van der Waals surface area contributed by atoms with Gasteiger partial charge in [-0.3, -0.25) is 4.79 Å². The Morgan fingerprint density at radius 3 is 2.47 bits per heavy atom. The van der Waals surface area contributed by atoms with Crippen molar-refractivity contribution < 1.29 is 4.79 Å². The van der Waals surface area contributed by atoms with Crippen LogP contribution < -0.4 is 5.32 Å². The molecule has 0 aliphatic heterocycles. The topological polar surface area (TPSA) is 42.0 Å². The molecular formula is C15H23ClN2O. The molecule has 4 heteroatoms. The van der Waals surface area contributed by atoms with Crippen LogP contribution in [0.25, 0.3) is 0 Å². The van der Waals surface area contributed by atoms with Crippen molar-refractivity contribution in [1.29, 1.82) is 0 Å². The van der Waals surface area contributed by atoms with Crippen molar-refractivity contribution in [2.45, 2.75) is 53.0 Å². The zero-order valence-electron chi connectivity index (χ0n) is 12.2. The minimum absolute atomic E-state index is 0.0709. The Balaban J connectivity index is 2.80. The summed E-state index contributed by atoms with van der Waals surface area (Å²) in [4.78, 5) is 16.4. The Hall–Kier alpha value is -1.09. The molecule has 3 nitrogen and oxygen atoms in total. The second-order valence-corrected chi connectivity index (χ2v) is 5.25. The number of aryl methyl sites for hydroxylation is 1. The average Bonchev–Trinajstić information content (AvgIpc) is 2.39. The molecule has 0 aliphatic rings. The van der Waals surface area contributed by atoms with Gasteiger partial charge in [-0.05, 0) is 31.4 Å². The summed E-state index contributed by atoms with van der Waals surface area (Å²) in [6, 6.07) is 3.59. The Labute approximate surface area is 120 Å². The van der Waals surface area contributed by atoms with E-state index in [4.69, 9.17) is 11.6 Å². The first kappa shape index (κ1) is 16.0. The lowest BCUT2D eigenvalue weighted by Gasteiger charge is -2.22. The number of pyridine rings is 1. The van der Waals surface area contributed by atoms with Gasteiger partial charge in [0, 0.05) is 17.3 Å². The third-order valence-corrected chi connectivity index (χ3v) is 3.78. The van der Waals surface area contributed by atoms with Gasteiger partial charge in [-0.25, -0.2) is 4.98 Å². The van der Waals surface area contributed by atoms with E-state index in [2.05, 4.69) is 31.1 Å². The first-order valence-corrected chi connectivity index (χ1v) is 7.36. The summed E-state index contributed by atoms with van der Waals surface area (Å²) >= 11 is 5.94. The smallest absolute Gasteiger partial charge is 0.251 e. The Kier molecular flexibility index (Phi) is 6.29. The van der Waals surface area contributed by atoms with Gasteiger partial charge in [0.2, 0.25) is 0 Å². The fourth-order valence-electron chi connectivity index (χ4n) is 2.27. The highest BCUT2D eigenvalue weighted by atomic mass is 35.5. The molecule has 106 valence electrons. The molecule has 1 aromatic heterocycles. The summed E-state index contributed by atoms with van der Waals surface area (Å²) in [6.45, 7) is 8.34. The molecule has 0 saturated heterocycles. The van der Waals surface area contributed by atoms with Gasteiger partial charge in [0.25, 0.3) is 5.91 Å². The number of amides is 1. The zero-order chi connectivity index (χ0) is 14.4. The fraction of sp³-hybridized carbons (Fsp3) is 0.600. The van der Waals surface area contributed by atoms with Gasteiger partial charge in [0.15, 0.2) is 0 Å². The highest BCUT2D eigenvalue weighted by Crippen LogP contribution is 2.15. The number of carbonyl (C=O) groups is 1. The largest absolute Gasteiger partial charge is 0.349 e. The number of rotatable bonds is 6. The summed E-state index contributed by atoms with van der Waals surface area (Å²) in [6.07, 6.45) is 2.90. The molecule has 1 N–H and O–H groups in total. The number of hydrogen-bond donors (Lipinski definition) is 1. The van der Waals surface area contributed by atoms with Crippen LogP contribution in [0.15, 0.2) is 12.1 Å². The molecule has 1 rings (SSSR count). The molecular weight excluding hydrogens is 260 g/mol. The highest BCUT2D eigenvalue weighted by Gasteiger charge is 2.17. The predicted octanol–water partition coefficient (Wildman–Crippen LogP) is 3.85. The maximum absolute atomic E-state index is 12.2. The number of nitrogens with one attached hydrogen (secondary N) is 1. The van der Waals surface area contributed by atoms with Gasteiger partial charge in [-0.15, -0.1) is 0 Å². The minimum atomic E-state index is -0.0709. The Bertz CT molecular complexity index is 430. The normalized spacial score (nSPS) is 12.5. The second kappa shape index (κ2) is 7.49. The Morgan fingerprint density at radius 2 is 1.95 bits per heavy atom. The van der Waals surface area contributed by atoms with Crippen molar-refractivity contribution in [2.75, 3.05) is 0 Å². The summed E-state index contributed by atoms with van der Waals surface area (Å²) in [5.41, 5.74) is 1.43. The van der Waals surface area contributed by atoms with E-state index in [0.29, 0.717) is 16.6 Å². The molecule has 1 heterocycles. The minimum Gasteiger partial charge on any atom is -0.349 e.